The average Bonchev–Trinajstić information content (AvgIpc) is 2.37. The Labute approximate surface area is 114 Å². The molecule has 0 bridgehead atoms. The number of nitrogens with zero attached hydrogens (tertiary/aromatic N) is 1. The normalized spacial score (nSPS) is 10.1. The van der Waals surface area contributed by atoms with Crippen molar-refractivity contribution in [2.24, 2.45) is 0 Å². The van der Waals surface area contributed by atoms with Gasteiger partial charge < -0.3 is 4.74 Å². The van der Waals surface area contributed by atoms with Gasteiger partial charge in [-0.1, -0.05) is 29.3 Å². The predicted octanol–water partition coefficient (Wildman–Crippen LogP) is 3.78. The Kier molecular flexibility index (Phi) is 4.18. The molecule has 0 aliphatic rings. The molecule has 0 fully saturated rings. The number of hydrogen-bond acceptors (Lipinski definition) is 3. The monoisotopic (exact) mass is 281 g/mol. The minimum Gasteiger partial charge on any atom is -0.487 e. The van der Waals surface area contributed by atoms with Crippen LogP contribution in [0, 0.1) is 0 Å². The van der Waals surface area contributed by atoms with Gasteiger partial charge in [-0.15, -0.1) is 0 Å². The van der Waals surface area contributed by atoms with Crippen molar-refractivity contribution >= 4 is 29.5 Å². The Balaban J connectivity index is 2.13. The number of pyridine rings is 1. The quantitative estimate of drug-likeness (QED) is 0.801. The Morgan fingerprint density at radius 3 is 2.50 bits per heavy atom. The molecule has 0 aliphatic heterocycles. The molecule has 0 N–H and O–H groups in total. The van der Waals surface area contributed by atoms with Crippen LogP contribution in [0.4, 0.5) is 0 Å². The summed E-state index contributed by atoms with van der Waals surface area (Å²) in [6.07, 6.45) is 2.31. The van der Waals surface area contributed by atoms with Crippen LogP contribution >= 0.6 is 23.2 Å². The van der Waals surface area contributed by atoms with E-state index in [9.17, 15) is 4.79 Å². The molecule has 0 aliphatic carbocycles. The largest absolute Gasteiger partial charge is 0.487 e. The number of hydrogen-bond donors (Lipinski definition) is 0. The minimum absolute atomic E-state index is 0.267. The Morgan fingerprint density at radius 1 is 1.22 bits per heavy atom. The molecule has 2 rings (SSSR count). The Bertz CT molecular complexity index is 535. The molecular weight excluding hydrogens is 273 g/mol. The Hall–Kier alpha value is -1.58. The summed E-state index contributed by atoms with van der Waals surface area (Å²) in [6.45, 7) is 0.313. The van der Waals surface area contributed by atoms with Crippen molar-refractivity contribution in [1.82, 2.24) is 4.98 Å². The number of aromatic nitrogens is 1. The fourth-order valence-electron chi connectivity index (χ4n) is 1.40. The second-order valence-electron chi connectivity index (χ2n) is 3.53. The van der Waals surface area contributed by atoms with Crippen molar-refractivity contribution in [3.63, 3.8) is 0 Å². The SMILES string of the molecule is O=Cc1c(Cl)cc(OCc2ccccn2)cc1Cl. The lowest BCUT2D eigenvalue weighted by Crippen LogP contribution is -1.98. The summed E-state index contributed by atoms with van der Waals surface area (Å²) in [5, 5.41) is 0.544. The van der Waals surface area contributed by atoms with Gasteiger partial charge >= 0.3 is 0 Å². The van der Waals surface area contributed by atoms with E-state index in [1.165, 1.54) is 0 Å². The molecule has 0 spiro atoms. The first-order chi connectivity index (χ1) is 8.70. The minimum atomic E-state index is 0.267. The summed E-state index contributed by atoms with van der Waals surface area (Å²) >= 11 is 11.8. The highest BCUT2D eigenvalue weighted by atomic mass is 35.5. The lowest BCUT2D eigenvalue weighted by atomic mass is 10.2. The van der Waals surface area contributed by atoms with Gasteiger partial charge in [-0.25, -0.2) is 0 Å². The molecule has 1 aromatic heterocycles. The van der Waals surface area contributed by atoms with E-state index < -0.39 is 0 Å². The van der Waals surface area contributed by atoms with Gasteiger partial charge in [0.1, 0.15) is 12.4 Å². The zero-order valence-electron chi connectivity index (χ0n) is 9.27. The van der Waals surface area contributed by atoms with Gasteiger partial charge in [-0.3, -0.25) is 9.78 Å². The molecule has 0 atom stereocenters. The number of benzene rings is 1. The molecule has 18 heavy (non-hydrogen) atoms. The van der Waals surface area contributed by atoms with E-state index in [1.54, 1.807) is 18.3 Å². The Morgan fingerprint density at radius 2 is 1.94 bits per heavy atom. The number of rotatable bonds is 4. The van der Waals surface area contributed by atoms with Crippen molar-refractivity contribution < 1.29 is 9.53 Å². The molecule has 3 nitrogen and oxygen atoms in total. The first-order valence-electron chi connectivity index (χ1n) is 5.17. The molecule has 1 heterocycles. The molecule has 2 aromatic rings. The summed E-state index contributed by atoms with van der Waals surface area (Å²) < 4.78 is 5.51. The average molecular weight is 282 g/mol. The highest BCUT2D eigenvalue weighted by Gasteiger charge is 2.08. The standard InChI is InChI=1S/C13H9Cl2NO2/c14-12-5-10(6-13(15)11(12)7-17)18-8-9-3-1-2-4-16-9/h1-7H,8H2. The van der Waals surface area contributed by atoms with Crippen LogP contribution in [0.15, 0.2) is 36.5 Å². The number of carbonyl (C=O) groups is 1. The summed E-state index contributed by atoms with van der Waals surface area (Å²) in [4.78, 5) is 14.8. The van der Waals surface area contributed by atoms with E-state index >= 15 is 0 Å². The van der Waals surface area contributed by atoms with E-state index in [2.05, 4.69) is 4.98 Å². The number of carbonyl (C=O) groups excluding carboxylic acids is 1. The molecule has 5 heteroatoms. The van der Waals surface area contributed by atoms with Crippen LogP contribution in [0.25, 0.3) is 0 Å². The summed E-state index contributed by atoms with van der Waals surface area (Å²) in [5.41, 5.74) is 1.06. The van der Waals surface area contributed by atoms with Gasteiger partial charge in [-0.2, -0.15) is 0 Å². The lowest BCUT2D eigenvalue weighted by molar-refractivity contribution is 0.112. The predicted molar refractivity (Wildman–Crippen MR) is 70.4 cm³/mol. The van der Waals surface area contributed by atoms with Crippen molar-refractivity contribution in [3.05, 3.63) is 57.8 Å². The first-order valence-corrected chi connectivity index (χ1v) is 5.93. The van der Waals surface area contributed by atoms with Crippen LogP contribution < -0.4 is 4.74 Å². The maximum absolute atomic E-state index is 10.7. The van der Waals surface area contributed by atoms with E-state index in [0.717, 1.165) is 5.69 Å². The lowest BCUT2D eigenvalue weighted by Gasteiger charge is -2.08. The maximum Gasteiger partial charge on any atom is 0.153 e. The van der Waals surface area contributed by atoms with Crippen molar-refractivity contribution in [1.29, 1.82) is 0 Å². The first kappa shape index (κ1) is 12.9. The van der Waals surface area contributed by atoms with E-state index in [0.29, 0.717) is 18.6 Å². The van der Waals surface area contributed by atoms with Crippen LogP contribution in [0.2, 0.25) is 10.0 Å². The second kappa shape index (κ2) is 5.85. The van der Waals surface area contributed by atoms with Crippen LogP contribution in [0.3, 0.4) is 0 Å². The second-order valence-corrected chi connectivity index (χ2v) is 4.34. The summed E-state index contributed by atoms with van der Waals surface area (Å²) in [6, 6.07) is 8.67. The summed E-state index contributed by atoms with van der Waals surface area (Å²) in [5.74, 6) is 0.501. The fraction of sp³-hybridized carbons (Fsp3) is 0.0769. The number of ether oxygens (including phenoxy) is 1. The smallest absolute Gasteiger partial charge is 0.153 e. The molecule has 0 radical (unpaired) electrons. The van der Waals surface area contributed by atoms with Crippen molar-refractivity contribution in [2.45, 2.75) is 6.61 Å². The van der Waals surface area contributed by atoms with E-state index in [4.69, 9.17) is 27.9 Å². The molecule has 92 valence electrons. The van der Waals surface area contributed by atoms with Crippen LogP contribution in [-0.2, 0) is 6.61 Å². The third-order valence-corrected chi connectivity index (χ3v) is 2.91. The van der Waals surface area contributed by atoms with Gasteiger partial charge in [0.15, 0.2) is 6.29 Å². The van der Waals surface area contributed by atoms with Crippen molar-refractivity contribution in [2.75, 3.05) is 0 Å². The third kappa shape index (κ3) is 3.00. The summed E-state index contributed by atoms with van der Waals surface area (Å²) in [7, 11) is 0. The third-order valence-electron chi connectivity index (χ3n) is 2.28. The fourth-order valence-corrected chi connectivity index (χ4v) is 1.95. The zero-order valence-corrected chi connectivity index (χ0v) is 10.8. The van der Waals surface area contributed by atoms with E-state index in [1.807, 2.05) is 18.2 Å². The van der Waals surface area contributed by atoms with Crippen LogP contribution in [-0.4, -0.2) is 11.3 Å². The maximum atomic E-state index is 10.7. The van der Waals surface area contributed by atoms with Gasteiger partial charge in [0.05, 0.1) is 21.3 Å². The van der Waals surface area contributed by atoms with Crippen LogP contribution in [0.1, 0.15) is 16.1 Å². The molecule has 0 unspecified atom stereocenters. The van der Waals surface area contributed by atoms with Gasteiger partial charge in [0.25, 0.3) is 0 Å². The number of halogens is 2. The number of aldehydes is 1. The zero-order chi connectivity index (χ0) is 13.0. The van der Waals surface area contributed by atoms with Crippen molar-refractivity contribution in [3.8, 4) is 5.75 Å². The molecule has 1 aromatic carbocycles. The molecule has 0 saturated heterocycles. The molecule has 0 saturated carbocycles. The molecule has 0 amide bonds. The molecular formula is C13H9Cl2NO2. The van der Waals surface area contributed by atoms with Gasteiger partial charge in [0.2, 0.25) is 0 Å². The van der Waals surface area contributed by atoms with Crippen LogP contribution in [0.5, 0.6) is 5.75 Å². The van der Waals surface area contributed by atoms with E-state index in [-0.39, 0.29) is 15.6 Å². The van der Waals surface area contributed by atoms with Gasteiger partial charge in [0, 0.05) is 6.20 Å². The van der Waals surface area contributed by atoms with Gasteiger partial charge in [-0.05, 0) is 24.3 Å². The highest BCUT2D eigenvalue weighted by molar-refractivity contribution is 6.38. The highest BCUT2D eigenvalue weighted by Crippen LogP contribution is 2.29. The topological polar surface area (TPSA) is 39.2 Å².